The van der Waals surface area contributed by atoms with Crippen LogP contribution >= 0.6 is 0 Å². The number of hydrogen-bond acceptors (Lipinski definition) is 4. The molecule has 0 aliphatic carbocycles. The molecule has 0 heterocycles. The summed E-state index contributed by atoms with van der Waals surface area (Å²) < 4.78 is 42.7. The maximum atomic E-state index is 12.6. The third-order valence-electron chi connectivity index (χ3n) is 3.94. The van der Waals surface area contributed by atoms with Crippen molar-refractivity contribution in [3.63, 3.8) is 0 Å². The van der Waals surface area contributed by atoms with Gasteiger partial charge in [-0.15, -0.1) is 0 Å². The molecule has 3 N–H and O–H groups in total. The lowest BCUT2D eigenvalue weighted by atomic mass is 10.1. The van der Waals surface area contributed by atoms with Gasteiger partial charge in [0.25, 0.3) is 0 Å². The van der Waals surface area contributed by atoms with Crippen LogP contribution in [0.4, 0.5) is 13.2 Å². The number of nitrogens with two attached hydrogens (primary N) is 1. The normalized spacial score (nSPS) is 12.1. The molecule has 2 rings (SSSR count). The van der Waals surface area contributed by atoms with Crippen molar-refractivity contribution in [2.24, 2.45) is 5.73 Å². The zero-order valence-electron chi connectivity index (χ0n) is 15.2. The number of carbonyl (C=O) groups excluding carboxylic acids is 3. The Kier molecular flexibility index (Phi) is 7.35. The molecule has 2 aromatic rings. The van der Waals surface area contributed by atoms with E-state index in [-0.39, 0.29) is 13.0 Å². The Morgan fingerprint density at radius 2 is 1.59 bits per heavy atom. The van der Waals surface area contributed by atoms with E-state index in [9.17, 15) is 27.6 Å². The van der Waals surface area contributed by atoms with Crippen LogP contribution in [0.5, 0.6) is 0 Å². The number of alkyl halides is 3. The van der Waals surface area contributed by atoms with Gasteiger partial charge in [-0.05, 0) is 23.3 Å². The van der Waals surface area contributed by atoms with Crippen LogP contribution in [-0.2, 0) is 38.3 Å². The summed E-state index contributed by atoms with van der Waals surface area (Å²) in [6, 6.07) is 11.6. The molecule has 9 heteroatoms. The predicted octanol–water partition coefficient (Wildman–Crippen LogP) is 2.35. The lowest BCUT2D eigenvalue weighted by Crippen LogP contribution is -2.46. The van der Waals surface area contributed by atoms with Crippen molar-refractivity contribution in [2.45, 2.75) is 31.7 Å². The Hall–Kier alpha value is -3.36. The molecular formula is C20H19F3N2O4. The Balaban J connectivity index is 1.88. The molecular weight excluding hydrogens is 389 g/mol. The molecule has 0 aromatic heterocycles. The van der Waals surface area contributed by atoms with Gasteiger partial charge in [-0.1, -0.05) is 42.5 Å². The highest BCUT2D eigenvalue weighted by molar-refractivity contribution is 5.90. The van der Waals surface area contributed by atoms with E-state index in [2.05, 4.69) is 5.32 Å². The number of halogens is 3. The topological polar surface area (TPSA) is 98.5 Å². The number of carbonyl (C=O) groups is 3. The second-order valence-corrected chi connectivity index (χ2v) is 6.24. The standard InChI is InChI=1S/C20H19F3N2O4/c21-20(22,23)15-8-6-13(7-9-15)10-17(26)25-16(19(24)28)11-18(27)29-12-14-4-2-1-3-5-14/h1-9,16H,10-12H2,(H2,24,28)(H,25,26)/t16-/m0/s1. The number of ether oxygens (including phenoxy) is 1. The van der Waals surface area contributed by atoms with Gasteiger partial charge in [0.15, 0.2) is 0 Å². The van der Waals surface area contributed by atoms with Gasteiger partial charge in [-0.25, -0.2) is 0 Å². The van der Waals surface area contributed by atoms with E-state index in [1.54, 1.807) is 30.3 Å². The highest BCUT2D eigenvalue weighted by Gasteiger charge is 2.30. The van der Waals surface area contributed by atoms with Crippen molar-refractivity contribution in [1.82, 2.24) is 5.32 Å². The van der Waals surface area contributed by atoms with Crippen molar-refractivity contribution in [3.8, 4) is 0 Å². The van der Waals surface area contributed by atoms with Crippen LogP contribution in [0.15, 0.2) is 54.6 Å². The smallest absolute Gasteiger partial charge is 0.416 e. The lowest BCUT2D eigenvalue weighted by Gasteiger charge is -2.15. The maximum absolute atomic E-state index is 12.6. The zero-order valence-corrected chi connectivity index (χ0v) is 15.2. The minimum absolute atomic E-state index is 0.00462. The van der Waals surface area contributed by atoms with Crippen molar-refractivity contribution >= 4 is 17.8 Å². The number of amides is 2. The third-order valence-corrected chi connectivity index (χ3v) is 3.94. The Morgan fingerprint density at radius 1 is 0.966 bits per heavy atom. The van der Waals surface area contributed by atoms with Crippen LogP contribution < -0.4 is 11.1 Å². The van der Waals surface area contributed by atoms with Crippen LogP contribution in [0.25, 0.3) is 0 Å². The fourth-order valence-corrected chi connectivity index (χ4v) is 2.43. The van der Waals surface area contributed by atoms with Crippen molar-refractivity contribution in [2.75, 3.05) is 0 Å². The Bertz CT molecular complexity index is 852. The molecule has 0 fully saturated rings. The summed E-state index contributed by atoms with van der Waals surface area (Å²) in [5, 5.41) is 2.30. The number of esters is 1. The molecule has 1 atom stereocenters. The zero-order chi connectivity index (χ0) is 21.4. The van der Waals surface area contributed by atoms with Gasteiger partial charge < -0.3 is 15.8 Å². The monoisotopic (exact) mass is 408 g/mol. The molecule has 0 aliphatic heterocycles. The van der Waals surface area contributed by atoms with Crippen molar-refractivity contribution < 1.29 is 32.3 Å². The minimum atomic E-state index is -4.47. The molecule has 0 unspecified atom stereocenters. The van der Waals surface area contributed by atoms with Crippen LogP contribution in [0.3, 0.4) is 0 Å². The average molecular weight is 408 g/mol. The number of rotatable bonds is 8. The average Bonchev–Trinajstić information content (AvgIpc) is 2.66. The SMILES string of the molecule is NC(=O)[C@H](CC(=O)OCc1ccccc1)NC(=O)Cc1ccc(C(F)(F)F)cc1. The molecule has 0 saturated carbocycles. The summed E-state index contributed by atoms with van der Waals surface area (Å²) in [5.41, 5.74) is 5.44. The van der Waals surface area contributed by atoms with Gasteiger partial charge in [0.2, 0.25) is 11.8 Å². The van der Waals surface area contributed by atoms with Crippen molar-refractivity contribution in [1.29, 1.82) is 0 Å². The quantitative estimate of drug-likeness (QED) is 0.655. The van der Waals surface area contributed by atoms with Crippen molar-refractivity contribution in [3.05, 3.63) is 71.3 Å². The predicted molar refractivity (Wildman–Crippen MR) is 97.1 cm³/mol. The summed E-state index contributed by atoms with van der Waals surface area (Å²) in [6.45, 7) is 0.00462. The van der Waals surface area contributed by atoms with Crippen LogP contribution in [0.1, 0.15) is 23.1 Å². The fourth-order valence-electron chi connectivity index (χ4n) is 2.43. The van der Waals surface area contributed by atoms with Crippen LogP contribution in [0, 0.1) is 0 Å². The molecule has 154 valence electrons. The first-order valence-electron chi connectivity index (χ1n) is 8.59. The molecule has 6 nitrogen and oxygen atoms in total. The molecule has 2 aromatic carbocycles. The first-order valence-corrected chi connectivity index (χ1v) is 8.59. The second kappa shape index (κ2) is 9.72. The summed E-state index contributed by atoms with van der Waals surface area (Å²) in [7, 11) is 0. The summed E-state index contributed by atoms with van der Waals surface area (Å²) in [5.74, 6) is -2.32. The Labute approximate surface area is 164 Å². The van der Waals surface area contributed by atoms with E-state index in [0.29, 0.717) is 5.56 Å². The van der Waals surface area contributed by atoms with Gasteiger partial charge in [0, 0.05) is 0 Å². The molecule has 0 saturated heterocycles. The largest absolute Gasteiger partial charge is 0.461 e. The van der Waals surface area contributed by atoms with E-state index in [1.807, 2.05) is 0 Å². The fraction of sp³-hybridized carbons (Fsp3) is 0.250. The molecule has 0 bridgehead atoms. The van der Waals surface area contributed by atoms with E-state index in [4.69, 9.17) is 10.5 Å². The number of benzene rings is 2. The molecule has 29 heavy (non-hydrogen) atoms. The lowest BCUT2D eigenvalue weighted by molar-refractivity contribution is -0.147. The van der Waals surface area contributed by atoms with E-state index >= 15 is 0 Å². The maximum Gasteiger partial charge on any atom is 0.416 e. The summed E-state index contributed by atoms with van der Waals surface area (Å²) >= 11 is 0. The first kappa shape index (κ1) is 21.9. The third kappa shape index (κ3) is 7.28. The van der Waals surface area contributed by atoms with Gasteiger partial charge in [0.05, 0.1) is 18.4 Å². The molecule has 0 aliphatic rings. The molecule has 0 spiro atoms. The van der Waals surface area contributed by atoms with E-state index < -0.39 is 42.0 Å². The summed E-state index contributed by atoms with van der Waals surface area (Å²) in [6.07, 6.45) is -5.21. The number of hydrogen-bond donors (Lipinski definition) is 2. The van der Waals surface area contributed by atoms with E-state index in [0.717, 1.165) is 29.8 Å². The van der Waals surface area contributed by atoms with Gasteiger partial charge in [-0.2, -0.15) is 13.2 Å². The Morgan fingerprint density at radius 3 is 2.14 bits per heavy atom. The van der Waals surface area contributed by atoms with Gasteiger partial charge in [0.1, 0.15) is 12.6 Å². The van der Waals surface area contributed by atoms with Crippen LogP contribution in [-0.4, -0.2) is 23.8 Å². The highest BCUT2D eigenvalue weighted by atomic mass is 19.4. The second-order valence-electron chi connectivity index (χ2n) is 6.24. The van der Waals surface area contributed by atoms with Crippen LogP contribution in [0.2, 0.25) is 0 Å². The molecule has 2 amide bonds. The number of nitrogens with one attached hydrogen (secondary N) is 1. The number of primary amides is 1. The first-order chi connectivity index (χ1) is 13.6. The summed E-state index contributed by atoms with van der Waals surface area (Å²) in [4.78, 5) is 35.5. The van der Waals surface area contributed by atoms with E-state index in [1.165, 1.54) is 0 Å². The minimum Gasteiger partial charge on any atom is -0.461 e. The van der Waals surface area contributed by atoms with Gasteiger partial charge in [-0.3, -0.25) is 14.4 Å². The van der Waals surface area contributed by atoms with Gasteiger partial charge >= 0.3 is 12.1 Å². The molecule has 0 radical (unpaired) electrons. The highest BCUT2D eigenvalue weighted by Crippen LogP contribution is 2.29.